The maximum Gasteiger partial charge on any atom is 0.325 e. The van der Waals surface area contributed by atoms with E-state index in [0.29, 0.717) is 6.42 Å². The third-order valence-corrected chi connectivity index (χ3v) is 3.54. The molecule has 1 saturated heterocycles. The molecule has 4 heteroatoms. The molecular formula is C16H32N2O2. The molecule has 0 aromatic heterocycles. The van der Waals surface area contributed by atoms with Crippen LogP contribution in [0.5, 0.6) is 0 Å². The van der Waals surface area contributed by atoms with E-state index in [-0.39, 0.29) is 17.0 Å². The molecule has 0 radical (unpaired) electrons. The summed E-state index contributed by atoms with van der Waals surface area (Å²) >= 11 is 0. The maximum atomic E-state index is 11.9. The average Bonchev–Trinajstić information content (AvgIpc) is 2.24. The van der Waals surface area contributed by atoms with Crippen LogP contribution < -0.4 is 5.32 Å². The molecule has 0 spiro atoms. The van der Waals surface area contributed by atoms with E-state index in [1.165, 1.54) is 19.3 Å². The van der Waals surface area contributed by atoms with Crippen molar-refractivity contribution in [1.82, 2.24) is 10.4 Å². The van der Waals surface area contributed by atoms with Gasteiger partial charge in [-0.3, -0.25) is 4.79 Å². The van der Waals surface area contributed by atoms with Crippen LogP contribution in [0.4, 0.5) is 0 Å². The van der Waals surface area contributed by atoms with Crippen molar-refractivity contribution in [2.75, 3.05) is 13.1 Å². The van der Waals surface area contributed by atoms with Gasteiger partial charge in [0.25, 0.3) is 0 Å². The Labute approximate surface area is 124 Å². The number of nitrogens with zero attached hydrogens (tertiary/aromatic N) is 1. The molecule has 20 heavy (non-hydrogen) atoms. The van der Waals surface area contributed by atoms with Gasteiger partial charge in [-0.2, -0.15) is 0 Å². The number of unbranched alkanes of at least 4 members (excludes halogenated alkanes) is 4. The third kappa shape index (κ3) is 6.71. The predicted molar refractivity (Wildman–Crippen MR) is 82.3 cm³/mol. The standard InChI is InChI=1S/C16H32N2O2/c1-6-7-8-9-10-11-14(19)20-18-12-15(2,3)17-16(4,5)13-18/h17H,6-13H2,1-5H3. The molecule has 1 aliphatic rings. The van der Waals surface area contributed by atoms with E-state index < -0.39 is 0 Å². The summed E-state index contributed by atoms with van der Waals surface area (Å²) in [6.45, 7) is 12.2. The first kappa shape index (κ1) is 17.4. The van der Waals surface area contributed by atoms with Crippen LogP contribution in [0, 0.1) is 0 Å². The monoisotopic (exact) mass is 284 g/mol. The molecule has 1 fully saturated rings. The van der Waals surface area contributed by atoms with Gasteiger partial charge in [0.2, 0.25) is 0 Å². The Morgan fingerprint density at radius 3 is 2.15 bits per heavy atom. The lowest BCUT2D eigenvalue weighted by Gasteiger charge is -2.46. The number of hydrogen-bond donors (Lipinski definition) is 1. The molecule has 118 valence electrons. The molecule has 0 unspecified atom stereocenters. The van der Waals surface area contributed by atoms with Crippen molar-refractivity contribution in [2.24, 2.45) is 0 Å². The van der Waals surface area contributed by atoms with Gasteiger partial charge in [0, 0.05) is 17.5 Å². The normalized spacial score (nSPS) is 21.6. The van der Waals surface area contributed by atoms with Crippen LogP contribution in [0.2, 0.25) is 0 Å². The van der Waals surface area contributed by atoms with Gasteiger partial charge in [0.15, 0.2) is 0 Å². The Hall–Kier alpha value is -0.610. The highest BCUT2D eigenvalue weighted by Gasteiger charge is 2.38. The van der Waals surface area contributed by atoms with Crippen molar-refractivity contribution in [3.05, 3.63) is 0 Å². The largest absolute Gasteiger partial charge is 0.368 e. The summed E-state index contributed by atoms with van der Waals surface area (Å²) in [5, 5.41) is 5.39. The second-order valence-electron chi connectivity index (χ2n) is 7.32. The van der Waals surface area contributed by atoms with Crippen LogP contribution in [-0.2, 0) is 9.63 Å². The van der Waals surface area contributed by atoms with Crippen molar-refractivity contribution < 1.29 is 9.63 Å². The van der Waals surface area contributed by atoms with E-state index in [9.17, 15) is 4.79 Å². The summed E-state index contributed by atoms with van der Waals surface area (Å²) in [5.41, 5.74) is -0.0771. The van der Waals surface area contributed by atoms with Gasteiger partial charge in [-0.25, -0.2) is 0 Å². The lowest BCUT2D eigenvalue weighted by Crippen LogP contribution is -2.66. The molecule has 1 N–H and O–H groups in total. The number of nitrogens with one attached hydrogen (secondary N) is 1. The highest BCUT2D eigenvalue weighted by Crippen LogP contribution is 2.21. The van der Waals surface area contributed by atoms with Crippen molar-refractivity contribution in [3.8, 4) is 0 Å². The predicted octanol–water partition coefficient (Wildman–Crippen LogP) is 3.27. The molecule has 0 aliphatic carbocycles. The molecule has 1 heterocycles. The van der Waals surface area contributed by atoms with Gasteiger partial charge in [-0.15, -0.1) is 5.06 Å². The minimum Gasteiger partial charge on any atom is -0.368 e. The maximum absolute atomic E-state index is 11.9. The Morgan fingerprint density at radius 2 is 1.60 bits per heavy atom. The molecule has 1 aliphatic heterocycles. The summed E-state index contributed by atoms with van der Waals surface area (Å²) in [7, 11) is 0. The number of piperazine rings is 1. The first-order valence-electron chi connectivity index (χ1n) is 7.99. The van der Waals surface area contributed by atoms with E-state index in [2.05, 4.69) is 39.9 Å². The third-order valence-electron chi connectivity index (χ3n) is 3.54. The molecule has 0 amide bonds. The topological polar surface area (TPSA) is 41.6 Å². The number of carbonyl (C=O) groups excluding carboxylic acids is 1. The fraction of sp³-hybridized carbons (Fsp3) is 0.938. The van der Waals surface area contributed by atoms with Crippen LogP contribution in [0.3, 0.4) is 0 Å². The van der Waals surface area contributed by atoms with Crippen LogP contribution in [0.15, 0.2) is 0 Å². The molecule has 0 atom stereocenters. The summed E-state index contributed by atoms with van der Waals surface area (Å²) in [5.74, 6) is -0.0880. The van der Waals surface area contributed by atoms with Crippen LogP contribution in [-0.4, -0.2) is 35.2 Å². The van der Waals surface area contributed by atoms with E-state index in [4.69, 9.17) is 4.84 Å². The Balaban J connectivity index is 2.30. The zero-order valence-electron chi connectivity index (χ0n) is 13.9. The Bertz CT molecular complexity index is 298. The average molecular weight is 284 g/mol. The van der Waals surface area contributed by atoms with Gasteiger partial charge in [0.05, 0.1) is 13.1 Å². The van der Waals surface area contributed by atoms with Gasteiger partial charge in [-0.1, -0.05) is 32.6 Å². The molecule has 0 saturated carbocycles. The minimum absolute atomic E-state index is 0.0385. The molecule has 0 bridgehead atoms. The lowest BCUT2D eigenvalue weighted by molar-refractivity contribution is -0.207. The van der Waals surface area contributed by atoms with Gasteiger partial charge < -0.3 is 10.2 Å². The summed E-state index contributed by atoms with van der Waals surface area (Å²) < 4.78 is 0. The molecule has 0 aromatic carbocycles. The number of carbonyl (C=O) groups is 1. The van der Waals surface area contributed by atoms with E-state index in [1.807, 2.05) is 5.06 Å². The van der Waals surface area contributed by atoms with Gasteiger partial charge >= 0.3 is 5.97 Å². The highest BCUT2D eigenvalue weighted by atomic mass is 16.7. The van der Waals surface area contributed by atoms with E-state index in [1.54, 1.807) is 0 Å². The fourth-order valence-corrected chi connectivity index (χ4v) is 3.06. The Kier molecular flexibility index (Phi) is 6.46. The molecule has 1 rings (SSSR count). The summed E-state index contributed by atoms with van der Waals surface area (Å²) in [6, 6.07) is 0. The molecule has 0 aromatic rings. The van der Waals surface area contributed by atoms with Crippen molar-refractivity contribution in [1.29, 1.82) is 0 Å². The summed E-state index contributed by atoms with van der Waals surface area (Å²) in [4.78, 5) is 17.4. The SMILES string of the molecule is CCCCCCCC(=O)ON1CC(C)(C)NC(C)(C)C1. The van der Waals surface area contributed by atoms with Crippen molar-refractivity contribution in [3.63, 3.8) is 0 Å². The number of rotatable bonds is 7. The van der Waals surface area contributed by atoms with Crippen molar-refractivity contribution >= 4 is 5.97 Å². The second-order valence-corrected chi connectivity index (χ2v) is 7.32. The Morgan fingerprint density at radius 1 is 1.05 bits per heavy atom. The van der Waals surface area contributed by atoms with Crippen LogP contribution in [0.1, 0.15) is 73.1 Å². The second kappa shape index (κ2) is 7.41. The van der Waals surface area contributed by atoms with Crippen LogP contribution >= 0.6 is 0 Å². The van der Waals surface area contributed by atoms with Gasteiger partial charge in [-0.05, 0) is 34.1 Å². The highest BCUT2D eigenvalue weighted by molar-refractivity contribution is 5.68. The minimum atomic E-state index is -0.0880. The van der Waals surface area contributed by atoms with Crippen molar-refractivity contribution in [2.45, 2.75) is 84.2 Å². The zero-order valence-corrected chi connectivity index (χ0v) is 13.9. The molecule has 4 nitrogen and oxygen atoms in total. The van der Waals surface area contributed by atoms with Crippen LogP contribution in [0.25, 0.3) is 0 Å². The smallest absolute Gasteiger partial charge is 0.325 e. The molecular weight excluding hydrogens is 252 g/mol. The van der Waals surface area contributed by atoms with E-state index >= 15 is 0 Å². The number of hydrogen-bond acceptors (Lipinski definition) is 4. The first-order valence-corrected chi connectivity index (χ1v) is 7.99. The fourth-order valence-electron chi connectivity index (χ4n) is 3.06. The summed E-state index contributed by atoms with van der Waals surface area (Å²) in [6.07, 6.45) is 6.32. The quantitative estimate of drug-likeness (QED) is 0.729. The lowest BCUT2D eigenvalue weighted by atomic mass is 9.93. The van der Waals surface area contributed by atoms with Gasteiger partial charge in [0.1, 0.15) is 0 Å². The first-order chi connectivity index (χ1) is 9.24. The van der Waals surface area contributed by atoms with E-state index in [0.717, 1.165) is 25.9 Å². The number of hydroxylamine groups is 2. The zero-order chi connectivity index (χ0) is 15.2.